The Morgan fingerprint density at radius 1 is 0.750 bits per heavy atom. The zero-order chi connectivity index (χ0) is 21.1. The normalized spacial score (nSPS) is 14.1. The number of phosphoric acid groups is 1. The van der Waals surface area contributed by atoms with Crippen LogP contribution >= 0.6 is 7.82 Å². The molecule has 0 aromatic rings. The maximum atomic E-state index is 11.7. The van der Waals surface area contributed by atoms with Crippen molar-refractivity contribution < 1.29 is 23.0 Å². The highest BCUT2D eigenvalue weighted by Gasteiger charge is 2.21. The van der Waals surface area contributed by atoms with Gasteiger partial charge in [-0.2, -0.15) is 0 Å². The van der Waals surface area contributed by atoms with Crippen LogP contribution in [0, 0.1) is 0 Å². The van der Waals surface area contributed by atoms with E-state index in [-0.39, 0.29) is 6.61 Å². The van der Waals surface area contributed by atoms with Crippen molar-refractivity contribution in [2.75, 3.05) is 40.9 Å². The zero-order valence-corrected chi connectivity index (χ0v) is 19.8. The fourth-order valence-electron chi connectivity index (χ4n) is 2.98. The minimum absolute atomic E-state index is 0.229. The van der Waals surface area contributed by atoms with Crippen LogP contribution in [0.3, 0.4) is 0 Å². The van der Waals surface area contributed by atoms with Gasteiger partial charge in [0.05, 0.1) is 27.7 Å². The van der Waals surface area contributed by atoms with E-state index in [0.29, 0.717) is 17.6 Å². The lowest BCUT2D eigenvalue weighted by Gasteiger charge is -2.24. The third-order valence-electron chi connectivity index (χ3n) is 4.82. The van der Waals surface area contributed by atoms with Crippen LogP contribution < -0.4 is 0 Å². The van der Waals surface area contributed by atoms with Crippen molar-refractivity contribution in [3.8, 4) is 0 Å². The number of phosphoric ester groups is 1. The molecule has 0 rings (SSSR count). The highest BCUT2D eigenvalue weighted by molar-refractivity contribution is 7.47. The number of allylic oxidation sites excluding steroid dienone is 1. The summed E-state index contributed by atoms with van der Waals surface area (Å²) in [6.07, 6.45) is 19.6. The highest BCUT2D eigenvalue weighted by atomic mass is 31.2. The average molecular weight is 421 g/mol. The van der Waals surface area contributed by atoms with Crippen LogP contribution in [0.2, 0.25) is 0 Å². The average Bonchev–Trinajstić information content (AvgIpc) is 2.60. The second-order valence-electron chi connectivity index (χ2n) is 8.82. The smallest absolute Gasteiger partial charge is 0.329 e. The van der Waals surface area contributed by atoms with E-state index in [1.165, 1.54) is 70.6 Å². The molecule has 0 aromatic carbocycles. The van der Waals surface area contributed by atoms with Gasteiger partial charge in [-0.05, 0) is 19.3 Å². The van der Waals surface area contributed by atoms with Gasteiger partial charge in [0.2, 0.25) is 0 Å². The van der Waals surface area contributed by atoms with Crippen LogP contribution in [0.4, 0.5) is 0 Å². The number of rotatable bonds is 21. The molecule has 0 aromatic heterocycles. The molecular formula is C22H47NO4P+. The summed E-state index contributed by atoms with van der Waals surface area (Å²) < 4.78 is 22.5. The first kappa shape index (κ1) is 27.8. The molecule has 0 saturated heterocycles. The number of nitrogens with zero attached hydrogens (tertiary/aromatic N) is 1. The van der Waals surface area contributed by atoms with E-state index >= 15 is 0 Å². The number of likely N-dealkylation sites (N-methyl/N-ethyl adjacent to an activating group) is 1. The van der Waals surface area contributed by atoms with Crippen LogP contribution in [0.15, 0.2) is 12.7 Å². The van der Waals surface area contributed by atoms with Gasteiger partial charge in [-0.3, -0.25) is 9.05 Å². The molecule has 0 aliphatic rings. The molecule has 28 heavy (non-hydrogen) atoms. The molecule has 168 valence electrons. The van der Waals surface area contributed by atoms with Crippen molar-refractivity contribution in [3.05, 3.63) is 12.7 Å². The first-order valence-corrected chi connectivity index (χ1v) is 12.8. The fourth-order valence-corrected chi connectivity index (χ4v) is 3.73. The number of hydrogen-bond acceptors (Lipinski definition) is 3. The van der Waals surface area contributed by atoms with Gasteiger partial charge in [0, 0.05) is 0 Å². The molecule has 6 heteroatoms. The molecule has 0 amide bonds. The highest BCUT2D eigenvalue weighted by Crippen LogP contribution is 2.43. The van der Waals surface area contributed by atoms with Crippen molar-refractivity contribution >= 4 is 7.82 Å². The SMILES string of the molecule is C=CCCCCCCCCCCCCCCCOP(=O)(O)OCC[N+](C)(C)C. The quantitative estimate of drug-likeness (QED) is 0.1000. The van der Waals surface area contributed by atoms with E-state index in [0.717, 1.165) is 19.3 Å². The van der Waals surface area contributed by atoms with E-state index in [1.54, 1.807) is 0 Å². The van der Waals surface area contributed by atoms with Crippen LogP contribution in [0.25, 0.3) is 0 Å². The summed E-state index contributed by atoms with van der Waals surface area (Å²) in [5.74, 6) is 0. The van der Waals surface area contributed by atoms with Crippen molar-refractivity contribution in [1.29, 1.82) is 0 Å². The van der Waals surface area contributed by atoms with Gasteiger partial charge in [0.25, 0.3) is 0 Å². The maximum absolute atomic E-state index is 11.7. The summed E-state index contributed by atoms with van der Waals surface area (Å²) in [5.41, 5.74) is 0. The summed E-state index contributed by atoms with van der Waals surface area (Å²) in [5, 5.41) is 0. The summed E-state index contributed by atoms with van der Waals surface area (Å²) in [6.45, 7) is 4.95. The summed E-state index contributed by atoms with van der Waals surface area (Å²) in [6, 6.07) is 0. The van der Waals surface area contributed by atoms with Gasteiger partial charge in [-0.25, -0.2) is 4.57 Å². The second kappa shape index (κ2) is 17.7. The summed E-state index contributed by atoms with van der Waals surface area (Å²) in [4.78, 5) is 9.63. The molecule has 0 spiro atoms. The summed E-state index contributed by atoms with van der Waals surface area (Å²) in [7, 11) is 2.16. The predicted molar refractivity (Wildman–Crippen MR) is 119 cm³/mol. The Hall–Kier alpha value is -0.190. The molecule has 0 saturated carbocycles. The van der Waals surface area contributed by atoms with Gasteiger partial charge >= 0.3 is 7.82 Å². The Labute approximate surface area is 174 Å². The molecule has 1 unspecified atom stereocenters. The minimum atomic E-state index is -3.88. The molecule has 0 bridgehead atoms. The predicted octanol–water partition coefficient (Wildman–Crippen LogP) is 6.47. The zero-order valence-electron chi connectivity index (χ0n) is 18.9. The van der Waals surface area contributed by atoms with Gasteiger partial charge in [-0.1, -0.05) is 76.7 Å². The van der Waals surface area contributed by atoms with E-state index in [2.05, 4.69) is 6.58 Å². The maximum Gasteiger partial charge on any atom is 0.472 e. The summed E-state index contributed by atoms with van der Waals surface area (Å²) >= 11 is 0. The van der Waals surface area contributed by atoms with Gasteiger partial charge in [0.15, 0.2) is 0 Å². The van der Waals surface area contributed by atoms with Crippen LogP contribution in [0.5, 0.6) is 0 Å². The molecule has 0 radical (unpaired) electrons. The molecule has 0 aliphatic heterocycles. The van der Waals surface area contributed by atoms with Crippen LogP contribution in [-0.4, -0.2) is 50.3 Å². The molecule has 0 fully saturated rings. The van der Waals surface area contributed by atoms with E-state index in [1.807, 2.05) is 27.2 Å². The lowest BCUT2D eigenvalue weighted by molar-refractivity contribution is -0.870. The molecular weight excluding hydrogens is 373 g/mol. The standard InChI is InChI=1S/C22H46NO4P/c1-5-6-7-8-9-10-11-12-13-14-15-16-17-18-19-21-26-28(24,25)27-22-20-23(2,3)4/h5H,1,6-22H2,2-4H3/p+1. The van der Waals surface area contributed by atoms with Crippen molar-refractivity contribution in [2.24, 2.45) is 0 Å². The Balaban J connectivity index is 3.30. The Bertz CT molecular complexity index is 410. The molecule has 1 N–H and O–H groups in total. The molecule has 1 atom stereocenters. The van der Waals surface area contributed by atoms with Crippen molar-refractivity contribution in [1.82, 2.24) is 0 Å². The van der Waals surface area contributed by atoms with Crippen molar-refractivity contribution in [2.45, 2.75) is 89.9 Å². The topological polar surface area (TPSA) is 55.8 Å². The van der Waals surface area contributed by atoms with E-state index in [4.69, 9.17) is 9.05 Å². The lowest BCUT2D eigenvalue weighted by atomic mass is 10.0. The fraction of sp³-hybridized carbons (Fsp3) is 0.909. The Morgan fingerprint density at radius 2 is 1.14 bits per heavy atom. The van der Waals surface area contributed by atoms with Gasteiger partial charge in [-0.15, -0.1) is 6.58 Å². The lowest BCUT2D eigenvalue weighted by Crippen LogP contribution is -2.37. The van der Waals surface area contributed by atoms with Crippen LogP contribution in [0.1, 0.15) is 89.9 Å². The Morgan fingerprint density at radius 3 is 1.57 bits per heavy atom. The van der Waals surface area contributed by atoms with E-state index < -0.39 is 7.82 Å². The monoisotopic (exact) mass is 420 g/mol. The molecule has 5 nitrogen and oxygen atoms in total. The van der Waals surface area contributed by atoms with Crippen molar-refractivity contribution in [3.63, 3.8) is 0 Å². The number of hydrogen-bond donors (Lipinski definition) is 1. The number of quaternary nitrogens is 1. The first-order chi connectivity index (χ1) is 13.3. The second-order valence-corrected chi connectivity index (χ2v) is 10.3. The van der Waals surface area contributed by atoms with Gasteiger partial charge in [0.1, 0.15) is 13.2 Å². The van der Waals surface area contributed by atoms with E-state index in [9.17, 15) is 9.46 Å². The first-order valence-electron chi connectivity index (χ1n) is 11.3. The Kier molecular flexibility index (Phi) is 17.5. The number of unbranched alkanes of at least 4 members (excludes halogenated alkanes) is 13. The largest absolute Gasteiger partial charge is 0.472 e. The van der Waals surface area contributed by atoms with Crippen LogP contribution in [-0.2, 0) is 13.6 Å². The molecule has 0 aliphatic carbocycles. The third-order valence-corrected chi connectivity index (χ3v) is 5.84. The minimum Gasteiger partial charge on any atom is -0.329 e. The van der Waals surface area contributed by atoms with Gasteiger partial charge < -0.3 is 9.38 Å². The molecule has 0 heterocycles. The third kappa shape index (κ3) is 22.1.